The van der Waals surface area contributed by atoms with Crippen molar-refractivity contribution in [3.8, 4) is 0 Å². The van der Waals surface area contributed by atoms with Crippen molar-refractivity contribution in [2.45, 2.75) is 39.5 Å². The number of unbranched alkanes of at least 4 members (excludes halogenated alkanes) is 2. The molecule has 0 unspecified atom stereocenters. The number of rotatable bonds is 7. The van der Waals surface area contributed by atoms with E-state index in [9.17, 15) is 4.79 Å². The minimum Gasteiger partial charge on any atom is -0.338 e. The molecule has 0 aliphatic heterocycles. The summed E-state index contributed by atoms with van der Waals surface area (Å²) in [5, 5.41) is 1.28. The third-order valence-corrected chi connectivity index (χ3v) is 6.51. The predicted molar refractivity (Wildman–Crippen MR) is 103 cm³/mol. The standard InChI is InChI=1S/C19H23NOS2/c1-3-5-11-20(12-6-4-2)19(21)17-13-16-18(23-17)14-9-7-8-10-15(14)22-16/h7-10,13H,3-6,11-12H2,1-2H3. The van der Waals surface area contributed by atoms with Crippen molar-refractivity contribution in [2.75, 3.05) is 13.1 Å². The summed E-state index contributed by atoms with van der Waals surface area (Å²) in [4.78, 5) is 15.8. The third kappa shape index (κ3) is 3.43. The molecule has 0 radical (unpaired) electrons. The van der Waals surface area contributed by atoms with Gasteiger partial charge in [0.25, 0.3) is 5.91 Å². The number of fused-ring (bicyclic) bond motifs is 3. The Morgan fingerprint density at radius 2 is 1.70 bits per heavy atom. The molecule has 0 saturated heterocycles. The van der Waals surface area contributed by atoms with Crippen LogP contribution in [-0.4, -0.2) is 23.9 Å². The fraction of sp³-hybridized carbons (Fsp3) is 0.421. The lowest BCUT2D eigenvalue weighted by Gasteiger charge is -2.21. The van der Waals surface area contributed by atoms with Crippen LogP contribution in [0, 0.1) is 0 Å². The lowest BCUT2D eigenvalue weighted by atomic mass is 10.2. The molecule has 0 bridgehead atoms. The van der Waals surface area contributed by atoms with Crippen molar-refractivity contribution >= 4 is 48.1 Å². The van der Waals surface area contributed by atoms with Crippen molar-refractivity contribution in [3.63, 3.8) is 0 Å². The number of thiophene rings is 2. The maximum atomic E-state index is 12.9. The number of hydrogen-bond donors (Lipinski definition) is 0. The van der Waals surface area contributed by atoms with Gasteiger partial charge in [0.2, 0.25) is 0 Å². The Hall–Kier alpha value is -1.39. The second-order valence-electron chi connectivity index (χ2n) is 5.90. The highest BCUT2D eigenvalue weighted by Crippen LogP contribution is 2.39. The first kappa shape index (κ1) is 16.5. The minimum absolute atomic E-state index is 0.212. The molecule has 1 aromatic carbocycles. The summed E-state index contributed by atoms with van der Waals surface area (Å²) in [7, 11) is 0. The quantitative estimate of drug-likeness (QED) is 0.502. The fourth-order valence-corrected chi connectivity index (χ4v) is 5.27. The molecule has 0 saturated carbocycles. The van der Waals surface area contributed by atoms with Gasteiger partial charge in [-0.25, -0.2) is 0 Å². The van der Waals surface area contributed by atoms with Gasteiger partial charge in [0.1, 0.15) is 0 Å². The van der Waals surface area contributed by atoms with Gasteiger partial charge in [-0.1, -0.05) is 44.9 Å². The van der Waals surface area contributed by atoms with Crippen LogP contribution < -0.4 is 0 Å². The fourth-order valence-electron chi connectivity index (χ4n) is 2.77. The zero-order chi connectivity index (χ0) is 16.2. The van der Waals surface area contributed by atoms with Gasteiger partial charge in [-0.2, -0.15) is 0 Å². The zero-order valence-electron chi connectivity index (χ0n) is 13.8. The molecule has 3 aromatic rings. The van der Waals surface area contributed by atoms with Gasteiger partial charge >= 0.3 is 0 Å². The molecule has 1 amide bonds. The van der Waals surface area contributed by atoms with Gasteiger partial charge in [-0.3, -0.25) is 4.79 Å². The van der Waals surface area contributed by atoms with E-state index in [4.69, 9.17) is 0 Å². The van der Waals surface area contributed by atoms with Crippen LogP contribution in [-0.2, 0) is 0 Å². The monoisotopic (exact) mass is 345 g/mol. The largest absolute Gasteiger partial charge is 0.338 e. The van der Waals surface area contributed by atoms with E-state index in [-0.39, 0.29) is 5.91 Å². The molecular weight excluding hydrogens is 322 g/mol. The van der Waals surface area contributed by atoms with Crippen LogP contribution in [0.2, 0.25) is 0 Å². The Bertz CT molecular complexity index is 794. The molecule has 0 aliphatic carbocycles. The van der Waals surface area contributed by atoms with E-state index in [1.807, 2.05) is 4.90 Å². The first-order chi connectivity index (χ1) is 11.2. The molecule has 122 valence electrons. The van der Waals surface area contributed by atoms with E-state index in [0.717, 1.165) is 43.6 Å². The summed E-state index contributed by atoms with van der Waals surface area (Å²) in [5.41, 5.74) is 0. The van der Waals surface area contributed by atoms with E-state index < -0.39 is 0 Å². The second kappa shape index (κ2) is 7.45. The lowest BCUT2D eigenvalue weighted by molar-refractivity contribution is 0.0756. The second-order valence-corrected chi connectivity index (χ2v) is 8.04. The third-order valence-electron chi connectivity index (χ3n) is 4.11. The maximum Gasteiger partial charge on any atom is 0.263 e. The van der Waals surface area contributed by atoms with Gasteiger partial charge in [0, 0.05) is 27.9 Å². The smallest absolute Gasteiger partial charge is 0.263 e. The first-order valence-corrected chi connectivity index (χ1v) is 10.1. The SMILES string of the molecule is CCCCN(CCCC)C(=O)c1cc2sc3ccccc3c2s1. The normalized spacial score (nSPS) is 11.4. The van der Waals surface area contributed by atoms with Gasteiger partial charge in [0.05, 0.1) is 9.58 Å². The van der Waals surface area contributed by atoms with Crippen molar-refractivity contribution in [1.29, 1.82) is 0 Å². The molecule has 2 aromatic heterocycles. The summed E-state index contributed by atoms with van der Waals surface area (Å²) in [6.07, 6.45) is 4.41. The van der Waals surface area contributed by atoms with Gasteiger partial charge in [-0.15, -0.1) is 22.7 Å². The molecule has 2 heterocycles. The molecular formula is C19H23NOS2. The van der Waals surface area contributed by atoms with Crippen LogP contribution in [0.4, 0.5) is 0 Å². The van der Waals surface area contributed by atoms with Crippen molar-refractivity contribution in [1.82, 2.24) is 4.90 Å². The summed E-state index contributed by atoms with van der Waals surface area (Å²) >= 11 is 3.44. The van der Waals surface area contributed by atoms with Gasteiger partial charge in [0.15, 0.2) is 0 Å². The highest BCUT2D eigenvalue weighted by atomic mass is 32.1. The molecule has 0 spiro atoms. The Balaban J connectivity index is 1.88. The van der Waals surface area contributed by atoms with Gasteiger partial charge in [-0.05, 0) is 25.0 Å². The maximum absolute atomic E-state index is 12.9. The number of nitrogens with zero attached hydrogens (tertiary/aromatic N) is 1. The number of carbonyl (C=O) groups is 1. The number of benzene rings is 1. The Morgan fingerprint density at radius 3 is 2.39 bits per heavy atom. The Kier molecular flexibility index (Phi) is 5.34. The predicted octanol–water partition coefficient (Wildman–Crippen LogP) is 6.16. The average Bonchev–Trinajstić information content (AvgIpc) is 3.12. The van der Waals surface area contributed by atoms with Crippen molar-refractivity contribution in [2.24, 2.45) is 0 Å². The van der Waals surface area contributed by atoms with Crippen LogP contribution in [0.25, 0.3) is 19.5 Å². The van der Waals surface area contributed by atoms with Crippen LogP contribution in [0.3, 0.4) is 0 Å². The molecule has 0 N–H and O–H groups in total. The molecule has 4 heteroatoms. The first-order valence-electron chi connectivity index (χ1n) is 8.45. The summed E-state index contributed by atoms with van der Waals surface area (Å²) in [6.45, 7) is 6.11. The van der Waals surface area contributed by atoms with E-state index in [0.29, 0.717) is 0 Å². The average molecular weight is 346 g/mol. The lowest BCUT2D eigenvalue weighted by Crippen LogP contribution is -2.32. The number of carbonyl (C=O) groups excluding carboxylic acids is 1. The molecule has 2 nitrogen and oxygen atoms in total. The Morgan fingerprint density at radius 1 is 1.00 bits per heavy atom. The van der Waals surface area contributed by atoms with Crippen molar-refractivity contribution < 1.29 is 4.79 Å². The van der Waals surface area contributed by atoms with Crippen molar-refractivity contribution in [3.05, 3.63) is 35.2 Å². The molecule has 0 aliphatic rings. The van der Waals surface area contributed by atoms with E-state index >= 15 is 0 Å². The van der Waals surface area contributed by atoms with E-state index in [1.54, 1.807) is 22.7 Å². The zero-order valence-corrected chi connectivity index (χ0v) is 15.4. The molecule has 0 atom stereocenters. The molecule has 23 heavy (non-hydrogen) atoms. The van der Waals surface area contributed by atoms with Crippen LogP contribution in [0.15, 0.2) is 30.3 Å². The minimum atomic E-state index is 0.212. The van der Waals surface area contributed by atoms with Gasteiger partial charge < -0.3 is 4.90 Å². The highest BCUT2D eigenvalue weighted by molar-refractivity contribution is 7.33. The number of amides is 1. The number of hydrogen-bond acceptors (Lipinski definition) is 3. The van der Waals surface area contributed by atoms with E-state index in [2.05, 4.69) is 44.2 Å². The Labute approximate surface area is 145 Å². The summed E-state index contributed by atoms with van der Waals surface area (Å²) in [6, 6.07) is 10.6. The summed E-state index contributed by atoms with van der Waals surface area (Å²) < 4.78 is 3.81. The molecule has 3 rings (SSSR count). The van der Waals surface area contributed by atoms with Crippen LogP contribution in [0.1, 0.15) is 49.2 Å². The summed E-state index contributed by atoms with van der Waals surface area (Å²) in [5.74, 6) is 0.212. The van der Waals surface area contributed by atoms with Crippen LogP contribution >= 0.6 is 22.7 Å². The highest BCUT2D eigenvalue weighted by Gasteiger charge is 2.19. The topological polar surface area (TPSA) is 20.3 Å². The van der Waals surface area contributed by atoms with Crippen LogP contribution in [0.5, 0.6) is 0 Å². The molecule has 0 fully saturated rings. The van der Waals surface area contributed by atoms with E-state index in [1.165, 1.54) is 19.5 Å².